The number of hydrogen-bond donors (Lipinski definition) is 1. The Labute approximate surface area is 157 Å². The van der Waals surface area contributed by atoms with Crippen LogP contribution in [0.15, 0.2) is 53.6 Å². The van der Waals surface area contributed by atoms with Crippen LogP contribution in [0, 0.1) is 6.92 Å². The summed E-state index contributed by atoms with van der Waals surface area (Å²) in [5.41, 5.74) is 3.53. The fourth-order valence-electron chi connectivity index (χ4n) is 2.33. The molecule has 0 fully saturated rings. The summed E-state index contributed by atoms with van der Waals surface area (Å²) in [5.74, 6) is -0.514. The van der Waals surface area contributed by atoms with Crippen LogP contribution in [-0.4, -0.2) is 32.3 Å². The van der Waals surface area contributed by atoms with Crippen LogP contribution in [0.2, 0.25) is 0 Å². The standard InChI is InChI=1S/C18H15F3N6O/c1-12-5-2-3-6-14(12)10-22-23-16(28)11-27-25-17(24-26-27)13-7-4-8-15(9-13)18(19,20)21/h2-10H,11H2,1H3,(H,23,28)/b22-10-. The van der Waals surface area contributed by atoms with Gasteiger partial charge in [-0.15, -0.1) is 10.2 Å². The Kier molecular flexibility index (Phi) is 5.48. The van der Waals surface area contributed by atoms with Crippen molar-refractivity contribution in [1.82, 2.24) is 25.6 Å². The maximum atomic E-state index is 12.8. The number of rotatable bonds is 5. The number of aryl methyl sites for hydroxylation is 1. The second-order valence-corrected chi connectivity index (χ2v) is 5.87. The third kappa shape index (κ3) is 4.78. The largest absolute Gasteiger partial charge is 0.416 e. The van der Waals surface area contributed by atoms with Gasteiger partial charge in [0, 0.05) is 5.56 Å². The van der Waals surface area contributed by atoms with Crippen molar-refractivity contribution in [1.29, 1.82) is 0 Å². The Morgan fingerprint density at radius 2 is 2.00 bits per heavy atom. The SMILES string of the molecule is Cc1ccccc1/C=N\NC(=O)Cn1nnc(-c2cccc(C(F)(F)F)c2)n1. The molecule has 0 bridgehead atoms. The average Bonchev–Trinajstić information content (AvgIpc) is 3.11. The zero-order chi connectivity index (χ0) is 20.1. The monoisotopic (exact) mass is 388 g/mol. The molecule has 3 aromatic rings. The van der Waals surface area contributed by atoms with Crippen molar-refractivity contribution in [3.8, 4) is 11.4 Å². The second kappa shape index (κ2) is 7.99. The van der Waals surface area contributed by atoms with Gasteiger partial charge in [0.1, 0.15) is 6.54 Å². The molecule has 0 saturated heterocycles. The van der Waals surface area contributed by atoms with Gasteiger partial charge in [-0.25, -0.2) is 5.43 Å². The molecule has 3 rings (SSSR count). The number of carbonyl (C=O) groups excluding carboxylic acids is 1. The molecule has 2 aromatic carbocycles. The number of amides is 1. The van der Waals surface area contributed by atoms with Crippen molar-refractivity contribution >= 4 is 12.1 Å². The van der Waals surface area contributed by atoms with Crippen LogP contribution >= 0.6 is 0 Å². The van der Waals surface area contributed by atoms with E-state index in [9.17, 15) is 18.0 Å². The molecule has 0 aliphatic heterocycles. The van der Waals surface area contributed by atoms with Crippen LogP contribution in [-0.2, 0) is 17.5 Å². The highest BCUT2D eigenvalue weighted by Gasteiger charge is 2.30. The fourth-order valence-corrected chi connectivity index (χ4v) is 2.33. The maximum Gasteiger partial charge on any atom is 0.416 e. The van der Waals surface area contributed by atoms with Crippen molar-refractivity contribution in [3.63, 3.8) is 0 Å². The first-order valence-electron chi connectivity index (χ1n) is 8.16. The van der Waals surface area contributed by atoms with Crippen molar-refractivity contribution in [2.75, 3.05) is 0 Å². The first kappa shape index (κ1) is 19.2. The first-order valence-corrected chi connectivity index (χ1v) is 8.16. The lowest BCUT2D eigenvalue weighted by Gasteiger charge is -2.06. The quantitative estimate of drug-likeness (QED) is 0.538. The van der Waals surface area contributed by atoms with Gasteiger partial charge in [-0.1, -0.05) is 36.4 Å². The smallest absolute Gasteiger partial charge is 0.271 e. The van der Waals surface area contributed by atoms with E-state index in [1.54, 1.807) is 0 Å². The summed E-state index contributed by atoms with van der Waals surface area (Å²) in [7, 11) is 0. The molecule has 144 valence electrons. The lowest BCUT2D eigenvalue weighted by Crippen LogP contribution is -2.24. The second-order valence-electron chi connectivity index (χ2n) is 5.87. The van der Waals surface area contributed by atoms with Gasteiger partial charge in [0.2, 0.25) is 5.82 Å². The van der Waals surface area contributed by atoms with E-state index in [0.717, 1.165) is 28.1 Å². The molecular formula is C18H15F3N6O. The van der Waals surface area contributed by atoms with Gasteiger partial charge >= 0.3 is 6.18 Å². The highest BCUT2D eigenvalue weighted by molar-refractivity contribution is 5.83. The highest BCUT2D eigenvalue weighted by Crippen LogP contribution is 2.31. The lowest BCUT2D eigenvalue weighted by molar-refractivity contribution is -0.137. The zero-order valence-electron chi connectivity index (χ0n) is 14.7. The Bertz CT molecular complexity index is 1010. The number of hydrazone groups is 1. The number of benzene rings is 2. The normalized spacial score (nSPS) is 11.7. The van der Waals surface area contributed by atoms with Gasteiger partial charge in [-0.3, -0.25) is 4.79 Å². The number of halogens is 3. The van der Waals surface area contributed by atoms with Crippen molar-refractivity contribution in [2.24, 2.45) is 5.10 Å². The molecule has 0 aliphatic carbocycles. The summed E-state index contributed by atoms with van der Waals surface area (Å²) in [6.07, 6.45) is -2.96. The molecule has 0 unspecified atom stereocenters. The molecule has 1 aromatic heterocycles. The van der Waals surface area contributed by atoms with Crippen molar-refractivity contribution in [2.45, 2.75) is 19.6 Å². The minimum absolute atomic E-state index is 0.0117. The summed E-state index contributed by atoms with van der Waals surface area (Å²) in [4.78, 5) is 12.9. The minimum atomic E-state index is -4.47. The summed E-state index contributed by atoms with van der Waals surface area (Å²) in [6.45, 7) is 1.63. The summed E-state index contributed by atoms with van der Waals surface area (Å²) < 4.78 is 38.4. The van der Waals surface area contributed by atoms with Crippen LogP contribution in [0.25, 0.3) is 11.4 Å². The molecule has 0 radical (unpaired) electrons. The Morgan fingerprint density at radius 3 is 2.75 bits per heavy atom. The van der Waals surface area contributed by atoms with E-state index in [2.05, 4.69) is 25.9 Å². The summed E-state index contributed by atoms with van der Waals surface area (Å²) in [5, 5.41) is 15.2. The molecule has 10 heteroatoms. The number of alkyl halides is 3. The van der Waals surface area contributed by atoms with Crippen LogP contribution in [0.4, 0.5) is 13.2 Å². The van der Waals surface area contributed by atoms with Gasteiger partial charge in [-0.2, -0.15) is 23.1 Å². The number of tetrazole rings is 1. The van der Waals surface area contributed by atoms with Gasteiger partial charge in [0.05, 0.1) is 11.8 Å². The van der Waals surface area contributed by atoms with E-state index >= 15 is 0 Å². The van der Waals surface area contributed by atoms with Gasteiger partial charge in [0.15, 0.2) is 0 Å². The number of nitrogens with zero attached hydrogens (tertiary/aromatic N) is 5. The summed E-state index contributed by atoms with van der Waals surface area (Å²) in [6, 6.07) is 12.1. The predicted octanol–water partition coefficient (Wildman–Crippen LogP) is 2.82. The number of aromatic nitrogens is 4. The third-order valence-electron chi connectivity index (χ3n) is 3.77. The molecule has 28 heavy (non-hydrogen) atoms. The Morgan fingerprint density at radius 1 is 1.21 bits per heavy atom. The molecule has 1 heterocycles. The Balaban J connectivity index is 1.63. The van der Waals surface area contributed by atoms with Crippen LogP contribution in [0.1, 0.15) is 16.7 Å². The molecular weight excluding hydrogens is 373 g/mol. The molecule has 0 saturated carbocycles. The van der Waals surface area contributed by atoms with E-state index in [-0.39, 0.29) is 17.9 Å². The van der Waals surface area contributed by atoms with E-state index in [1.807, 2.05) is 31.2 Å². The predicted molar refractivity (Wildman–Crippen MR) is 95.2 cm³/mol. The van der Waals surface area contributed by atoms with E-state index in [0.29, 0.717) is 0 Å². The molecule has 0 spiro atoms. The van der Waals surface area contributed by atoms with Gasteiger partial charge in [-0.05, 0) is 35.4 Å². The van der Waals surface area contributed by atoms with Gasteiger partial charge in [0.25, 0.3) is 5.91 Å². The molecule has 1 N–H and O–H groups in total. The lowest BCUT2D eigenvalue weighted by atomic mass is 10.1. The minimum Gasteiger partial charge on any atom is -0.271 e. The molecule has 1 amide bonds. The van der Waals surface area contributed by atoms with Gasteiger partial charge < -0.3 is 0 Å². The highest BCUT2D eigenvalue weighted by atomic mass is 19.4. The third-order valence-corrected chi connectivity index (χ3v) is 3.77. The Hall–Kier alpha value is -3.56. The topological polar surface area (TPSA) is 85.1 Å². The van der Waals surface area contributed by atoms with E-state index in [1.165, 1.54) is 18.3 Å². The van der Waals surface area contributed by atoms with Crippen LogP contribution < -0.4 is 5.43 Å². The van der Waals surface area contributed by atoms with Crippen LogP contribution in [0.5, 0.6) is 0 Å². The molecule has 0 aliphatic rings. The van der Waals surface area contributed by atoms with Crippen molar-refractivity contribution < 1.29 is 18.0 Å². The number of nitrogens with one attached hydrogen (secondary N) is 1. The number of carbonyl (C=O) groups is 1. The fraction of sp³-hybridized carbons (Fsp3) is 0.167. The maximum absolute atomic E-state index is 12.8. The average molecular weight is 388 g/mol. The first-order chi connectivity index (χ1) is 13.3. The number of hydrogen-bond acceptors (Lipinski definition) is 5. The molecule has 7 nitrogen and oxygen atoms in total. The molecule has 0 atom stereocenters. The van der Waals surface area contributed by atoms with Crippen molar-refractivity contribution in [3.05, 3.63) is 65.2 Å². The van der Waals surface area contributed by atoms with E-state index < -0.39 is 17.6 Å². The summed E-state index contributed by atoms with van der Waals surface area (Å²) >= 11 is 0. The van der Waals surface area contributed by atoms with E-state index in [4.69, 9.17) is 0 Å². The van der Waals surface area contributed by atoms with Crippen LogP contribution in [0.3, 0.4) is 0 Å². The zero-order valence-corrected chi connectivity index (χ0v) is 14.7.